The van der Waals surface area contributed by atoms with Gasteiger partial charge in [0.05, 0.1) is 11.1 Å². The Bertz CT molecular complexity index is 656. The number of aromatic nitrogens is 1. The summed E-state index contributed by atoms with van der Waals surface area (Å²) in [4.78, 5) is 4.18. The van der Waals surface area contributed by atoms with Gasteiger partial charge in [0.15, 0.2) is 0 Å². The first-order valence-corrected chi connectivity index (χ1v) is 6.44. The van der Waals surface area contributed by atoms with Crippen molar-refractivity contribution in [1.29, 1.82) is 0 Å². The third-order valence-electron chi connectivity index (χ3n) is 2.84. The van der Waals surface area contributed by atoms with Crippen LogP contribution in [0.5, 0.6) is 0 Å². The second-order valence-corrected chi connectivity index (χ2v) is 4.71. The van der Waals surface area contributed by atoms with Gasteiger partial charge in [-0.3, -0.25) is 0 Å². The molecule has 1 aromatic carbocycles. The van der Waals surface area contributed by atoms with Gasteiger partial charge in [0.1, 0.15) is 10.8 Å². The Balaban J connectivity index is 2.24. The van der Waals surface area contributed by atoms with Crippen LogP contribution in [0.25, 0.3) is 0 Å². The maximum atomic E-state index is 12.9. The fraction of sp³-hybridized carbons (Fsp3) is 0.143. The Labute approximate surface area is 125 Å². The molecule has 2 aromatic rings. The smallest absolute Gasteiger partial charge is 0.389 e. The molecule has 3 N–H and O–H groups in total. The fourth-order valence-corrected chi connectivity index (χ4v) is 2.04. The molecular formula is C14H12F3N3S. The van der Waals surface area contributed by atoms with Crippen molar-refractivity contribution in [3.05, 3.63) is 59.3 Å². The zero-order valence-electron chi connectivity index (χ0n) is 10.8. The van der Waals surface area contributed by atoms with Crippen LogP contribution in [0, 0.1) is 0 Å². The summed E-state index contributed by atoms with van der Waals surface area (Å²) in [5, 5.41) is 2.84. The van der Waals surface area contributed by atoms with Crippen LogP contribution in [-0.4, -0.2) is 9.97 Å². The van der Waals surface area contributed by atoms with Crippen molar-refractivity contribution in [3.8, 4) is 0 Å². The molecule has 0 fully saturated rings. The van der Waals surface area contributed by atoms with E-state index >= 15 is 0 Å². The molecule has 0 saturated heterocycles. The molecule has 0 aliphatic heterocycles. The van der Waals surface area contributed by atoms with Gasteiger partial charge >= 0.3 is 6.18 Å². The van der Waals surface area contributed by atoms with E-state index in [2.05, 4.69) is 10.3 Å². The molecule has 3 nitrogen and oxygen atoms in total. The lowest BCUT2D eigenvalue weighted by Gasteiger charge is -2.14. The highest BCUT2D eigenvalue weighted by Gasteiger charge is 2.32. The first-order valence-electron chi connectivity index (χ1n) is 6.03. The summed E-state index contributed by atoms with van der Waals surface area (Å²) in [5.41, 5.74) is 5.50. The Kier molecular flexibility index (Phi) is 4.42. The largest absolute Gasteiger partial charge is 0.416 e. The highest BCUT2D eigenvalue weighted by atomic mass is 32.1. The molecule has 0 bridgehead atoms. The summed E-state index contributed by atoms with van der Waals surface area (Å²) in [5.74, 6) is 0.363. The second kappa shape index (κ2) is 6.09. The number of benzene rings is 1. The van der Waals surface area contributed by atoms with Crippen molar-refractivity contribution in [2.24, 2.45) is 5.73 Å². The number of anilines is 1. The Morgan fingerprint density at radius 1 is 1.19 bits per heavy atom. The standard InChI is InChI=1S/C14H12F3N3S/c15-14(16,17)11-6-2-1-4-9(11)8-20-13-10(12(18)21)5-3-7-19-13/h1-7H,8H2,(H2,18,21)(H,19,20). The van der Waals surface area contributed by atoms with Crippen molar-refractivity contribution >= 4 is 23.0 Å². The maximum Gasteiger partial charge on any atom is 0.416 e. The predicted octanol–water partition coefficient (Wildman–Crippen LogP) is 3.35. The first kappa shape index (κ1) is 15.2. The van der Waals surface area contributed by atoms with Crippen molar-refractivity contribution in [2.75, 3.05) is 5.32 Å². The Hall–Kier alpha value is -2.15. The fourth-order valence-electron chi connectivity index (χ4n) is 1.87. The van der Waals surface area contributed by atoms with E-state index in [1.807, 2.05) is 0 Å². The molecule has 1 heterocycles. The van der Waals surface area contributed by atoms with Crippen LogP contribution in [0.4, 0.5) is 19.0 Å². The van der Waals surface area contributed by atoms with Gasteiger partial charge in [-0.2, -0.15) is 13.2 Å². The molecule has 21 heavy (non-hydrogen) atoms. The quantitative estimate of drug-likeness (QED) is 0.850. The monoisotopic (exact) mass is 311 g/mol. The maximum absolute atomic E-state index is 12.9. The van der Waals surface area contributed by atoms with Crippen LogP contribution in [0.15, 0.2) is 42.6 Å². The van der Waals surface area contributed by atoms with E-state index in [0.29, 0.717) is 11.4 Å². The minimum absolute atomic E-state index is 0.0255. The van der Waals surface area contributed by atoms with Gasteiger partial charge in [0.2, 0.25) is 0 Å². The van der Waals surface area contributed by atoms with E-state index in [0.717, 1.165) is 6.07 Å². The van der Waals surface area contributed by atoms with E-state index in [4.69, 9.17) is 18.0 Å². The number of hydrogen-bond acceptors (Lipinski definition) is 3. The zero-order valence-corrected chi connectivity index (χ0v) is 11.6. The first-order chi connectivity index (χ1) is 9.89. The average molecular weight is 311 g/mol. The van der Waals surface area contributed by atoms with Gasteiger partial charge in [0, 0.05) is 12.7 Å². The molecule has 0 saturated carbocycles. The van der Waals surface area contributed by atoms with Gasteiger partial charge in [-0.05, 0) is 23.8 Å². The Morgan fingerprint density at radius 2 is 1.90 bits per heavy atom. The van der Waals surface area contributed by atoms with Crippen molar-refractivity contribution in [3.63, 3.8) is 0 Å². The van der Waals surface area contributed by atoms with Gasteiger partial charge in [0.25, 0.3) is 0 Å². The summed E-state index contributed by atoms with van der Waals surface area (Å²) in [6.07, 6.45) is -2.88. The van der Waals surface area contributed by atoms with Crippen LogP contribution in [0.3, 0.4) is 0 Å². The number of thiocarbonyl (C=S) groups is 1. The number of rotatable bonds is 4. The van der Waals surface area contributed by atoms with Crippen molar-refractivity contribution in [1.82, 2.24) is 4.98 Å². The van der Waals surface area contributed by atoms with Gasteiger partial charge < -0.3 is 11.1 Å². The number of nitrogens with two attached hydrogens (primary N) is 1. The Morgan fingerprint density at radius 3 is 2.57 bits per heavy atom. The molecule has 0 radical (unpaired) electrons. The summed E-state index contributed by atoms with van der Waals surface area (Å²) >= 11 is 4.88. The minimum Gasteiger partial charge on any atom is -0.389 e. The summed E-state index contributed by atoms with van der Waals surface area (Å²) in [6.45, 7) is -0.0255. The second-order valence-electron chi connectivity index (χ2n) is 4.27. The molecule has 2 rings (SSSR count). The summed E-state index contributed by atoms with van der Waals surface area (Å²) in [6, 6.07) is 8.69. The number of halogens is 3. The molecule has 0 aliphatic carbocycles. The van der Waals surface area contributed by atoms with E-state index < -0.39 is 11.7 Å². The van der Waals surface area contributed by atoms with E-state index in [-0.39, 0.29) is 17.1 Å². The molecule has 110 valence electrons. The topological polar surface area (TPSA) is 50.9 Å². The third kappa shape index (κ3) is 3.69. The molecule has 0 spiro atoms. The van der Waals surface area contributed by atoms with Crippen LogP contribution >= 0.6 is 12.2 Å². The lowest BCUT2D eigenvalue weighted by molar-refractivity contribution is -0.138. The molecule has 0 amide bonds. The molecule has 1 aromatic heterocycles. The number of hydrogen-bond donors (Lipinski definition) is 2. The van der Waals surface area contributed by atoms with E-state index in [1.54, 1.807) is 18.2 Å². The summed E-state index contributed by atoms with van der Waals surface area (Å²) in [7, 11) is 0. The third-order valence-corrected chi connectivity index (χ3v) is 3.06. The van der Waals surface area contributed by atoms with E-state index in [9.17, 15) is 13.2 Å². The lowest BCUT2D eigenvalue weighted by atomic mass is 10.1. The van der Waals surface area contributed by atoms with Crippen LogP contribution in [0.1, 0.15) is 16.7 Å². The van der Waals surface area contributed by atoms with Gasteiger partial charge in [-0.1, -0.05) is 30.4 Å². The van der Waals surface area contributed by atoms with Crippen molar-refractivity contribution in [2.45, 2.75) is 12.7 Å². The lowest BCUT2D eigenvalue weighted by Crippen LogP contribution is -2.16. The van der Waals surface area contributed by atoms with Gasteiger partial charge in [-0.15, -0.1) is 0 Å². The summed E-state index contributed by atoms with van der Waals surface area (Å²) < 4.78 is 38.7. The van der Waals surface area contributed by atoms with Crippen molar-refractivity contribution < 1.29 is 13.2 Å². The van der Waals surface area contributed by atoms with Crippen LogP contribution in [-0.2, 0) is 12.7 Å². The van der Waals surface area contributed by atoms with Crippen LogP contribution < -0.4 is 11.1 Å². The minimum atomic E-state index is -4.39. The molecule has 0 atom stereocenters. The highest BCUT2D eigenvalue weighted by Crippen LogP contribution is 2.32. The van der Waals surface area contributed by atoms with E-state index in [1.165, 1.54) is 18.3 Å². The highest BCUT2D eigenvalue weighted by molar-refractivity contribution is 7.80. The van der Waals surface area contributed by atoms with Gasteiger partial charge in [-0.25, -0.2) is 4.98 Å². The number of pyridine rings is 1. The molecule has 0 aliphatic rings. The number of nitrogens with zero attached hydrogens (tertiary/aromatic N) is 1. The predicted molar refractivity (Wildman–Crippen MR) is 78.9 cm³/mol. The normalized spacial score (nSPS) is 11.2. The average Bonchev–Trinajstić information content (AvgIpc) is 2.44. The zero-order chi connectivity index (χ0) is 15.5. The molecular weight excluding hydrogens is 299 g/mol. The number of nitrogens with one attached hydrogen (secondary N) is 1. The van der Waals surface area contributed by atoms with Crippen LogP contribution in [0.2, 0.25) is 0 Å². The molecule has 7 heteroatoms. The molecule has 0 unspecified atom stereocenters. The number of alkyl halides is 3. The SMILES string of the molecule is NC(=S)c1cccnc1NCc1ccccc1C(F)(F)F.